The van der Waals surface area contributed by atoms with Crippen LogP contribution in [-0.4, -0.2) is 30.4 Å². The summed E-state index contributed by atoms with van der Waals surface area (Å²) in [5, 5.41) is 17.5. The second-order valence-electron chi connectivity index (χ2n) is 8.00. The van der Waals surface area contributed by atoms with E-state index in [4.69, 9.17) is 17.0 Å². The lowest BCUT2D eigenvalue weighted by molar-refractivity contribution is 0.0966. The maximum atomic E-state index is 12.8. The van der Waals surface area contributed by atoms with E-state index in [-0.39, 0.29) is 17.3 Å². The van der Waals surface area contributed by atoms with Crippen LogP contribution in [0.25, 0.3) is 0 Å². The van der Waals surface area contributed by atoms with Crippen LogP contribution >= 0.6 is 11.6 Å². The number of allylic oxidation sites excluding steroid dienone is 3. The first-order valence-electron chi connectivity index (χ1n) is 11.1. The molecule has 2 amide bonds. The maximum Gasteiger partial charge on any atom is 0.258 e. The van der Waals surface area contributed by atoms with Crippen molar-refractivity contribution in [2.24, 2.45) is 4.99 Å². The molecule has 2 aromatic carbocycles. The third-order valence-electron chi connectivity index (χ3n) is 5.44. The number of hydrogen-bond acceptors (Lipinski definition) is 4. The monoisotopic (exact) mass is 477 g/mol. The van der Waals surface area contributed by atoms with Gasteiger partial charge in [-0.25, -0.2) is 4.99 Å². The highest BCUT2D eigenvalue weighted by Crippen LogP contribution is 2.19. The van der Waals surface area contributed by atoms with E-state index in [1.54, 1.807) is 61.5 Å². The van der Waals surface area contributed by atoms with Gasteiger partial charge in [-0.15, -0.1) is 0 Å². The highest BCUT2D eigenvalue weighted by molar-refractivity contribution is 6.29. The van der Waals surface area contributed by atoms with Crippen molar-refractivity contribution in [2.75, 3.05) is 5.32 Å². The highest BCUT2D eigenvalue weighted by atomic mass is 35.5. The maximum absolute atomic E-state index is 12.8. The topological polar surface area (TPSA) is 106 Å². The van der Waals surface area contributed by atoms with Crippen molar-refractivity contribution in [2.45, 2.75) is 38.6 Å². The number of amidine groups is 1. The fraction of sp³-hybridized carbons (Fsp3) is 0.231. The summed E-state index contributed by atoms with van der Waals surface area (Å²) in [6.07, 6.45) is 7.67. The van der Waals surface area contributed by atoms with Gasteiger partial charge in [0.05, 0.1) is 11.3 Å². The molecule has 8 heteroatoms. The molecule has 0 heterocycles. The van der Waals surface area contributed by atoms with E-state index in [9.17, 15) is 9.59 Å². The van der Waals surface area contributed by atoms with Crippen molar-refractivity contribution in [1.29, 1.82) is 5.41 Å². The summed E-state index contributed by atoms with van der Waals surface area (Å²) in [6, 6.07) is 13.9. The van der Waals surface area contributed by atoms with Crippen LogP contribution in [0.1, 0.15) is 58.9 Å². The number of nitrogens with zero attached hydrogens (tertiary/aromatic N) is 1. The van der Waals surface area contributed by atoms with E-state index < -0.39 is 5.91 Å². The Bertz CT molecular complexity index is 1130. The van der Waals surface area contributed by atoms with E-state index in [2.05, 4.69) is 27.7 Å². The summed E-state index contributed by atoms with van der Waals surface area (Å²) in [6.45, 7) is 5.15. The van der Waals surface area contributed by atoms with Gasteiger partial charge in [0.2, 0.25) is 0 Å². The first-order valence-corrected chi connectivity index (χ1v) is 11.4. The molecule has 4 N–H and O–H groups in total. The number of anilines is 1. The van der Waals surface area contributed by atoms with Crippen molar-refractivity contribution in [3.8, 4) is 0 Å². The van der Waals surface area contributed by atoms with Crippen LogP contribution in [0.4, 0.5) is 5.69 Å². The van der Waals surface area contributed by atoms with Gasteiger partial charge in [-0.05, 0) is 62.9 Å². The van der Waals surface area contributed by atoms with E-state index >= 15 is 0 Å². The van der Waals surface area contributed by atoms with Gasteiger partial charge >= 0.3 is 0 Å². The lowest BCUT2D eigenvalue weighted by Crippen LogP contribution is -2.32. The number of carbonyl (C=O) groups excluding carboxylic acids is 2. The minimum Gasteiger partial charge on any atom is -0.367 e. The third kappa shape index (κ3) is 6.89. The molecular formula is C26H28ClN5O2. The van der Waals surface area contributed by atoms with Gasteiger partial charge in [-0.1, -0.05) is 48.7 Å². The van der Waals surface area contributed by atoms with E-state index in [0.717, 1.165) is 18.4 Å². The standard InChI is InChI=1S/C26H28ClN5O2/c1-17(27)11-16-23(29-2)32-26(34)21-9-5-6-10-22(21)31-25(33)19-14-12-18(13-15-19)24(28)30-20-7-3-4-8-20/h5-6,9-16,20H,2-4,7-8H2,1H3,(H2,28,30)(H,31,33)(H,32,34)/b17-11+,23-16+. The largest absolute Gasteiger partial charge is 0.367 e. The van der Waals surface area contributed by atoms with Gasteiger partial charge in [0, 0.05) is 22.2 Å². The second kappa shape index (κ2) is 12.0. The molecule has 2 aromatic rings. The Hall–Kier alpha value is -3.71. The predicted octanol–water partition coefficient (Wildman–Crippen LogP) is 5.21. The summed E-state index contributed by atoms with van der Waals surface area (Å²) < 4.78 is 0. The molecule has 34 heavy (non-hydrogen) atoms. The molecule has 0 aromatic heterocycles. The van der Waals surface area contributed by atoms with E-state index in [1.807, 2.05) is 0 Å². The van der Waals surface area contributed by atoms with Crippen LogP contribution in [0.2, 0.25) is 0 Å². The van der Waals surface area contributed by atoms with Crippen LogP contribution < -0.4 is 16.0 Å². The molecule has 3 rings (SSSR count). The van der Waals surface area contributed by atoms with Crippen LogP contribution in [0.5, 0.6) is 0 Å². The Morgan fingerprint density at radius 3 is 2.32 bits per heavy atom. The molecule has 0 aliphatic heterocycles. The highest BCUT2D eigenvalue weighted by Gasteiger charge is 2.17. The smallest absolute Gasteiger partial charge is 0.258 e. The van der Waals surface area contributed by atoms with Crippen molar-refractivity contribution in [3.63, 3.8) is 0 Å². The molecule has 0 radical (unpaired) electrons. The number of rotatable bonds is 8. The molecular weight excluding hydrogens is 450 g/mol. The Balaban J connectivity index is 1.68. The lowest BCUT2D eigenvalue weighted by atomic mass is 10.1. The zero-order chi connectivity index (χ0) is 24.5. The number of aliphatic imine (C=N–C) groups is 1. The summed E-state index contributed by atoms with van der Waals surface area (Å²) in [4.78, 5) is 29.4. The van der Waals surface area contributed by atoms with Crippen LogP contribution in [-0.2, 0) is 0 Å². The number of para-hydroxylation sites is 1. The minimum absolute atomic E-state index is 0.232. The molecule has 1 aliphatic rings. The van der Waals surface area contributed by atoms with Gasteiger partial charge < -0.3 is 16.0 Å². The first kappa shape index (κ1) is 24.9. The van der Waals surface area contributed by atoms with Crippen LogP contribution in [0.3, 0.4) is 0 Å². The van der Waals surface area contributed by atoms with Crippen molar-refractivity contribution in [1.82, 2.24) is 10.6 Å². The van der Waals surface area contributed by atoms with Crippen molar-refractivity contribution in [3.05, 3.63) is 88.2 Å². The molecule has 7 nitrogen and oxygen atoms in total. The third-order valence-corrected chi connectivity index (χ3v) is 5.57. The molecule has 0 atom stereocenters. The zero-order valence-corrected chi connectivity index (χ0v) is 19.8. The number of halogens is 1. The summed E-state index contributed by atoms with van der Waals surface area (Å²) >= 11 is 5.82. The SMILES string of the molecule is C=N/C(=C\C=C(/C)Cl)NC(=O)c1ccccc1NC(=O)c1ccc(C(=N)NC2CCCC2)cc1. The average molecular weight is 478 g/mol. The Kier molecular flexibility index (Phi) is 8.76. The Labute approximate surface area is 204 Å². The van der Waals surface area contributed by atoms with E-state index in [1.165, 1.54) is 18.9 Å². The number of carbonyl (C=O) groups is 2. The van der Waals surface area contributed by atoms with Gasteiger partial charge in [-0.2, -0.15) is 0 Å². The average Bonchev–Trinajstić information content (AvgIpc) is 3.35. The van der Waals surface area contributed by atoms with Crippen molar-refractivity contribution >= 4 is 41.7 Å². The summed E-state index contributed by atoms with van der Waals surface area (Å²) in [5.41, 5.74) is 1.78. The zero-order valence-electron chi connectivity index (χ0n) is 19.0. The Morgan fingerprint density at radius 2 is 1.68 bits per heavy atom. The second-order valence-corrected chi connectivity index (χ2v) is 8.59. The van der Waals surface area contributed by atoms with Gasteiger partial charge in [0.25, 0.3) is 11.8 Å². The van der Waals surface area contributed by atoms with E-state index in [0.29, 0.717) is 28.2 Å². The molecule has 0 bridgehead atoms. The quantitative estimate of drug-likeness (QED) is 0.238. The molecule has 0 unspecified atom stereocenters. The molecule has 1 saturated carbocycles. The molecule has 0 spiro atoms. The summed E-state index contributed by atoms with van der Waals surface area (Å²) in [5.74, 6) is -0.215. The van der Waals surface area contributed by atoms with Crippen molar-refractivity contribution < 1.29 is 9.59 Å². The molecule has 0 saturated heterocycles. The van der Waals surface area contributed by atoms with Crippen LogP contribution in [0, 0.1) is 5.41 Å². The fourth-order valence-electron chi connectivity index (χ4n) is 3.64. The van der Waals surface area contributed by atoms with Crippen LogP contribution in [0.15, 0.2) is 76.5 Å². The fourth-order valence-corrected chi connectivity index (χ4v) is 3.70. The summed E-state index contributed by atoms with van der Waals surface area (Å²) in [7, 11) is 0. The number of amides is 2. The number of benzene rings is 2. The first-order chi connectivity index (χ1) is 16.4. The molecule has 1 fully saturated rings. The van der Waals surface area contributed by atoms with Gasteiger partial charge in [-0.3, -0.25) is 15.0 Å². The van der Waals surface area contributed by atoms with Gasteiger partial charge in [0.1, 0.15) is 11.7 Å². The normalized spacial score (nSPS) is 14.4. The molecule has 1 aliphatic carbocycles. The van der Waals surface area contributed by atoms with Gasteiger partial charge in [0.15, 0.2) is 0 Å². The lowest BCUT2D eigenvalue weighted by Gasteiger charge is -2.15. The minimum atomic E-state index is -0.447. The Morgan fingerprint density at radius 1 is 1.03 bits per heavy atom. The predicted molar refractivity (Wildman–Crippen MR) is 138 cm³/mol. The number of nitrogens with one attached hydrogen (secondary N) is 4. The molecule has 176 valence electrons. The number of hydrogen-bond donors (Lipinski definition) is 4.